The highest BCUT2D eigenvalue weighted by molar-refractivity contribution is 5.75. The van der Waals surface area contributed by atoms with E-state index in [0.717, 1.165) is 12.8 Å². The van der Waals surface area contributed by atoms with Crippen LogP contribution in [0.15, 0.2) is 0 Å². The minimum Gasteiger partial charge on any atom is -0.392 e. The second kappa shape index (κ2) is 9.55. The van der Waals surface area contributed by atoms with Crippen LogP contribution in [0.3, 0.4) is 0 Å². The van der Waals surface area contributed by atoms with Crippen LogP contribution in [-0.2, 0) is 4.79 Å². The van der Waals surface area contributed by atoms with Crippen molar-refractivity contribution < 1.29 is 9.90 Å². The van der Waals surface area contributed by atoms with Crippen molar-refractivity contribution in [1.29, 1.82) is 0 Å². The second-order valence-electron chi connectivity index (χ2n) is 5.99. The maximum Gasteiger partial charge on any atom is 0.132 e. The summed E-state index contributed by atoms with van der Waals surface area (Å²) in [6.45, 7) is 1.58. The number of hydrogen-bond acceptors (Lipinski definition) is 2. The van der Waals surface area contributed by atoms with Crippen molar-refractivity contribution in [3.63, 3.8) is 0 Å². The van der Waals surface area contributed by atoms with Gasteiger partial charge >= 0.3 is 0 Å². The highest BCUT2D eigenvalue weighted by Gasteiger charge is 2.20. The summed E-state index contributed by atoms with van der Waals surface area (Å²) < 4.78 is 0. The summed E-state index contributed by atoms with van der Waals surface area (Å²) in [5.74, 6) is 0.474. The Balaban J connectivity index is 2.37. The molecule has 0 aromatic carbocycles. The molecule has 0 aromatic rings. The number of Topliss-reactive ketones (excluding diaryl/α,β-unsaturated/α-hetero) is 1. The molecule has 1 atom stereocenters. The van der Waals surface area contributed by atoms with Crippen LogP contribution in [0.1, 0.15) is 84.0 Å². The van der Waals surface area contributed by atoms with Crippen LogP contribution < -0.4 is 0 Å². The van der Waals surface area contributed by atoms with Crippen molar-refractivity contribution >= 4 is 5.78 Å². The molecule has 0 amide bonds. The smallest absolute Gasteiger partial charge is 0.132 e. The van der Waals surface area contributed by atoms with Crippen LogP contribution in [0.4, 0.5) is 0 Å². The Hall–Kier alpha value is -0.370. The van der Waals surface area contributed by atoms with E-state index in [1.807, 2.05) is 0 Å². The van der Waals surface area contributed by atoms with E-state index in [0.29, 0.717) is 12.3 Å². The Kier molecular flexibility index (Phi) is 8.32. The lowest BCUT2D eigenvalue weighted by Gasteiger charge is -2.22. The molecule has 0 aliphatic heterocycles. The third-order valence-electron chi connectivity index (χ3n) is 4.19. The maximum atomic E-state index is 11.1. The summed E-state index contributed by atoms with van der Waals surface area (Å²) in [4.78, 5) is 11.1. The molecule has 1 aliphatic rings. The zero-order valence-corrected chi connectivity index (χ0v) is 12.0. The average Bonchev–Trinajstić information content (AvgIpc) is 2.28. The first-order valence-electron chi connectivity index (χ1n) is 7.87. The highest BCUT2D eigenvalue weighted by Crippen LogP contribution is 2.25. The Labute approximate surface area is 112 Å². The van der Waals surface area contributed by atoms with Gasteiger partial charge in [0.05, 0.1) is 6.10 Å². The first kappa shape index (κ1) is 15.7. The molecule has 2 nitrogen and oxygen atoms in total. The molecular formula is C16H30O2. The molecule has 0 radical (unpaired) electrons. The Morgan fingerprint density at radius 3 is 1.72 bits per heavy atom. The average molecular weight is 254 g/mol. The number of ketones is 1. The van der Waals surface area contributed by atoms with E-state index in [1.165, 1.54) is 57.8 Å². The second-order valence-corrected chi connectivity index (χ2v) is 5.99. The number of carbonyl (C=O) groups is 1. The molecule has 1 fully saturated rings. The zero-order chi connectivity index (χ0) is 13.2. The molecule has 0 heterocycles. The number of hydrogen-bond donors (Lipinski definition) is 1. The van der Waals surface area contributed by atoms with Gasteiger partial charge in [0.2, 0.25) is 0 Å². The lowest BCUT2D eigenvalue weighted by atomic mass is 9.87. The quantitative estimate of drug-likeness (QED) is 0.817. The summed E-state index contributed by atoms with van der Waals surface area (Å²) in [6, 6.07) is 0. The van der Waals surface area contributed by atoms with Gasteiger partial charge in [0, 0.05) is 6.42 Å². The molecule has 2 heteroatoms. The van der Waals surface area contributed by atoms with Crippen LogP contribution >= 0.6 is 0 Å². The monoisotopic (exact) mass is 254 g/mol. The van der Waals surface area contributed by atoms with E-state index in [4.69, 9.17) is 0 Å². The summed E-state index contributed by atoms with van der Waals surface area (Å²) in [6.07, 6.45) is 14.0. The van der Waals surface area contributed by atoms with Gasteiger partial charge in [-0.3, -0.25) is 4.79 Å². The molecule has 18 heavy (non-hydrogen) atoms. The van der Waals surface area contributed by atoms with Crippen LogP contribution in [0.5, 0.6) is 0 Å². The summed E-state index contributed by atoms with van der Waals surface area (Å²) in [5, 5.41) is 10.1. The lowest BCUT2D eigenvalue weighted by Crippen LogP contribution is -2.23. The zero-order valence-electron chi connectivity index (χ0n) is 12.0. The van der Waals surface area contributed by atoms with Gasteiger partial charge in [-0.15, -0.1) is 0 Å². The fourth-order valence-electron chi connectivity index (χ4n) is 3.04. The number of aliphatic hydroxyl groups is 1. The van der Waals surface area contributed by atoms with Gasteiger partial charge in [0.25, 0.3) is 0 Å². The third kappa shape index (κ3) is 7.15. The molecular weight excluding hydrogens is 224 g/mol. The van der Waals surface area contributed by atoms with Gasteiger partial charge in [-0.05, 0) is 25.7 Å². The molecule has 0 saturated heterocycles. The molecule has 0 aromatic heterocycles. The molecule has 1 saturated carbocycles. The van der Waals surface area contributed by atoms with Crippen LogP contribution in [0.2, 0.25) is 0 Å². The number of carbonyl (C=O) groups excluding carboxylic acids is 1. The van der Waals surface area contributed by atoms with Gasteiger partial charge in [0.15, 0.2) is 0 Å². The van der Waals surface area contributed by atoms with Crippen molar-refractivity contribution in [2.24, 2.45) is 5.92 Å². The predicted octanol–water partition coefficient (Wildman–Crippen LogP) is 4.25. The summed E-state index contributed by atoms with van der Waals surface area (Å²) in [7, 11) is 0. The predicted molar refractivity (Wildman–Crippen MR) is 75.6 cm³/mol. The molecule has 106 valence electrons. The third-order valence-corrected chi connectivity index (χ3v) is 4.19. The van der Waals surface area contributed by atoms with E-state index in [1.54, 1.807) is 6.92 Å². The van der Waals surface area contributed by atoms with E-state index >= 15 is 0 Å². The summed E-state index contributed by atoms with van der Waals surface area (Å²) in [5.41, 5.74) is 0. The Morgan fingerprint density at radius 1 is 0.944 bits per heavy atom. The van der Waals surface area contributed by atoms with Crippen molar-refractivity contribution in [2.75, 3.05) is 0 Å². The van der Waals surface area contributed by atoms with Gasteiger partial charge in [-0.1, -0.05) is 57.8 Å². The topological polar surface area (TPSA) is 37.3 Å². The van der Waals surface area contributed by atoms with Crippen LogP contribution in [0, 0.1) is 5.92 Å². The van der Waals surface area contributed by atoms with Crippen LogP contribution in [0.25, 0.3) is 0 Å². The normalized spacial score (nSPS) is 22.8. The van der Waals surface area contributed by atoms with Crippen LogP contribution in [-0.4, -0.2) is 17.0 Å². The van der Waals surface area contributed by atoms with Gasteiger partial charge in [0.1, 0.15) is 5.78 Å². The van der Waals surface area contributed by atoms with Crippen molar-refractivity contribution in [3.05, 3.63) is 0 Å². The summed E-state index contributed by atoms with van der Waals surface area (Å²) >= 11 is 0. The van der Waals surface area contributed by atoms with Crippen molar-refractivity contribution in [2.45, 2.75) is 90.1 Å². The number of rotatable bonds is 3. The van der Waals surface area contributed by atoms with E-state index < -0.39 is 6.10 Å². The SMILES string of the molecule is CC(=O)C[C@@H](O)C1CCCCCCCCCCC1. The standard InChI is InChI=1S/C16H30O2/c1-14(17)13-16(18)15-11-9-7-5-3-2-4-6-8-10-12-15/h15-16,18H,2-13H2,1H3/t16-/m1/s1. The first-order valence-corrected chi connectivity index (χ1v) is 7.87. The van der Waals surface area contributed by atoms with Gasteiger partial charge in [-0.25, -0.2) is 0 Å². The fourth-order valence-corrected chi connectivity index (χ4v) is 3.04. The molecule has 0 bridgehead atoms. The van der Waals surface area contributed by atoms with Gasteiger partial charge < -0.3 is 5.11 Å². The number of aliphatic hydroxyl groups excluding tert-OH is 1. The molecule has 1 aliphatic carbocycles. The largest absolute Gasteiger partial charge is 0.392 e. The molecule has 0 unspecified atom stereocenters. The van der Waals surface area contributed by atoms with E-state index in [9.17, 15) is 9.90 Å². The minimum atomic E-state index is -0.398. The van der Waals surface area contributed by atoms with Crippen molar-refractivity contribution in [1.82, 2.24) is 0 Å². The lowest BCUT2D eigenvalue weighted by molar-refractivity contribution is -0.119. The maximum absolute atomic E-state index is 11.1. The highest BCUT2D eigenvalue weighted by atomic mass is 16.3. The fraction of sp³-hybridized carbons (Fsp3) is 0.938. The first-order chi connectivity index (χ1) is 8.70. The van der Waals surface area contributed by atoms with Crippen molar-refractivity contribution in [3.8, 4) is 0 Å². The molecule has 0 spiro atoms. The Morgan fingerprint density at radius 2 is 1.33 bits per heavy atom. The minimum absolute atomic E-state index is 0.119. The Bertz CT molecular complexity index is 213. The molecule has 1 N–H and O–H groups in total. The van der Waals surface area contributed by atoms with E-state index in [2.05, 4.69) is 0 Å². The van der Waals surface area contributed by atoms with E-state index in [-0.39, 0.29) is 5.78 Å². The van der Waals surface area contributed by atoms with Gasteiger partial charge in [-0.2, -0.15) is 0 Å². The molecule has 1 rings (SSSR count).